The molecule has 8 heteroatoms. The van der Waals surface area contributed by atoms with Crippen LogP contribution in [-0.2, 0) is 13.1 Å². The number of aliphatic hydroxyl groups excluding tert-OH is 1. The SMILES string of the molecule is CCn1cnc2c(NCc3ccc(F)cc3)nc(NCCO)nc21. The Kier molecular flexibility index (Phi) is 4.85. The zero-order valence-electron chi connectivity index (χ0n) is 13.3. The van der Waals surface area contributed by atoms with Crippen molar-refractivity contribution < 1.29 is 9.50 Å². The molecule has 0 aliphatic rings. The van der Waals surface area contributed by atoms with E-state index < -0.39 is 0 Å². The van der Waals surface area contributed by atoms with Gasteiger partial charge in [0.25, 0.3) is 0 Å². The molecule has 0 aliphatic heterocycles. The van der Waals surface area contributed by atoms with E-state index in [1.807, 2.05) is 11.5 Å². The van der Waals surface area contributed by atoms with Crippen LogP contribution in [0.25, 0.3) is 11.2 Å². The molecule has 0 fully saturated rings. The number of halogens is 1. The van der Waals surface area contributed by atoms with E-state index in [0.717, 1.165) is 17.8 Å². The van der Waals surface area contributed by atoms with Gasteiger partial charge in [0.2, 0.25) is 5.95 Å². The fourth-order valence-electron chi connectivity index (χ4n) is 2.33. The summed E-state index contributed by atoms with van der Waals surface area (Å²) in [6.07, 6.45) is 1.72. The number of aryl methyl sites for hydroxylation is 1. The zero-order valence-corrected chi connectivity index (χ0v) is 13.3. The van der Waals surface area contributed by atoms with Crippen LogP contribution in [0.15, 0.2) is 30.6 Å². The van der Waals surface area contributed by atoms with E-state index in [1.54, 1.807) is 18.5 Å². The number of rotatable bonds is 7. The molecule has 7 nitrogen and oxygen atoms in total. The molecule has 0 amide bonds. The summed E-state index contributed by atoms with van der Waals surface area (Å²) in [6, 6.07) is 6.28. The summed E-state index contributed by atoms with van der Waals surface area (Å²) in [4.78, 5) is 13.2. The highest BCUT2D eigenvalue weighted by Crippen LogP contribution is 2.21. The van der Waals surface area contributed by atoms with Gasteiger partial charge in [-0.1, -0.05) is 12.1 Å². The van der Waals surface area contributed by atoms with Crippen molar-refractivity contribution in [1.29, 1.82) is 0 Å². The molecular formula is C16H19FN6O. The van der Waals surface area contributed by atoms with E-state index in [9.17, 15) is 4.39 Å². The third-order valence-electron chi connectivity index (χ3n) is 3.57. The Labute approximate surface area is 138 Å². The Morgan fingerprint density at radius 2 is 1.96 bits per heavy atom. The maximum Gasteiger partial charge on any atom is 0.226 e. The molecule has 0 saturated heterocycles. The number of nitrogens with zero attached hydrogens (tertiary/aromatic N) is 4. The van der Waals surface area contributed by atoms with Gasteiger partial charge in [0.05, 0.1) is 12.9 Å². The molecular weight excluding hydrogens is 311 g/mol. The summed E-state index contributed by atoms with van der Waals surface area (Å²) in [5.74, 6) is 0.755. The molecule has 0 unspecified atom stereocenters. The van der Waals surface area contributed by atoms with E-state index in [4.69, 9.17) is 5.11 Å². The molecule has 3 rings (SSSR count). The van der Waals surface area contributed by atoms with Crippen molar-refractivity contribution in [1.82, 2.24) is 19.5 Å². The van der Waals surface area contributed by atoms with E-state index >= 15 is 0 Å². The van der Waals surface area contributed by atoms with Crippen molar-refractivity contribution >= 4 is 22.9 Å². The van der Waals surface area contributed by atoms with Gasteiger partial charge in [0, 0.05) is 19.6 Å². The lowest BCUT2D eigenvalue weighted by molar-refractivity contribution is 0.311. The number of benzene rings is 1. The first-order valence-corrected chi connectivity index (χ1v) is 7.77. The van der Waals surface area contributed by atoms with Crippen molar-refractivity contribution in [2.75, 3.05) is 23.8 Å². The first-order valence-electron chi connectivity index (χ1n) is 7.77. The van der Waals surface area contributed by atoms with E-state index in [-0.39, 0.29) is 12.4 Å². The van der Waals surface area contributed by atoms with Gasteiger partial charge >= 0.3 is 0 Å². The summed E-state index contributed by atoms with van der Waals surface area (Å²) in [5.41, 5.74) is 2.33. The largest absolute Gasteiger partial charge is 0.395 e. The summed E-state index contributed by atoms with van der Waals surface area (Å²) >= 11 is 0. The summed E-state index contributed by atoms with van der Waals surface area (Å²) in [7, 11) is 0. The van der Waals surface area contributed by atoms with Gasteiger partial charge in [-0.3, -0.25) is 0 Å². The minimum Gasteiger partial charge on any atom is -0.395 e. The van der Waals surface area contributed by atoms with Crippen LogP contribution in [0.4, 0.5) is 16.2 Å². The van der Waals surface area contributed by atoms with Gasteiger partial charge in [-0.15, -0.1) is 0 Å². The number of hydrogen-bond donors (Lipinski definition) is 3. The van der Waals surface area contributed by atoms with Crippen LogP contribution in [0.1, 0.15) is 12.5 Å². The maximum atomic E-state index is 13.0. The van der Waals surface area contributed by atoms with Crippen LogP contribution in [0, 0.1) is 5.82 Å². The Balaban J connectivity index is 1.89. The molecule has 126 valence electrons. The summed E-state index contributed by atoms with van der Waals surface area (Å²) in [6.45, 7) is 3.60. The van der Waals surface area contributed by atoms with Gasteiger partial charge in [-0.05, 0) is 24.6 Å². The predicted molar refractivity (Wildman–Crippen MR) is 90.3 cm³/mol. The number of aliphatic hydroxyl groups is 1. The van der Waals surface area contributed by atoms with Crippen molar-refractivity contribution in [3.05, 3.63) is 42.0 Å². The predicted octanol–water partition coefficient (Wildman–Crippen LogP) is 2.00. The highest BCUT2D eigenvalue weighted by molar-refractivity contribution is 5.84. The molecule has 0 radical (unpaired) electrons. The van der Waals surface area contributed by atoms with Crippen molar-refractivity contribution in [3.8, 4) is 0 Å². The smallest absolute Gasteiger partial charge is 0.226 e. The molecule has 3 N–H and O–H groups in total. The highest BCUT2D eigenvalue weighted by atomic mass is 19.1. The molecule has 2 heterocycles. The second-order valence-electron chi connectivity index (χ2n) is 5.23. The lowest BCUT2D eigenvalue weighted by atomic mass is 10.2. The van der Waals surface area contributed by atoms with Crippen LogP contribution in [0.2, 0.25) is 0 Å². The molecule has 24 heavy (non-hydrogen) atoms. The normalized spacial score (nSPS) is 11.0. The van der Waals surface area contributed by atoms with Gasteiger partial charge in [0.15, 0.2) is 17.0 Å². The van der Waals surface area contributed by atoms with Crippen LogP contribution in [0.3, 0.4) is 0 Å². The van der Waals surface area contributed by atoms with Gasteiger partial charge in [0.1, 0.15) is 5.82 Å². The minimum absolute atomic E-state index is 0.00716. The lowest BCUT2D eigenvalue weighted by Gasteiger charge is -2.10. The van der Waals surface area contributed by atoms with Gasteiger partial charge < -0.3 is 20.3 Å². The first kappa shape index (κ1) is 16.1. The number of imidazole rings is 1. The van der Waals surface area contributed by atoms with Gasteiger partial charge in [-0.25, -0.2) is 9.37 Å². The lowest BCUT2D eigenvalue weighted by Crippen LogP contribution is -2.11. The second-order valence-corrected chi connectivity index (χ2v) is 5.23. The number of fused-ring (bicyclic) bond motifs is 1. The third-order valence-corrected chi connectivity index (χ3v) is 3.57. The van der Waals surface area contributed by atoms with E-state index in [1.165, 1.54) is 12.1 Å². The standard InChI is InChI=1S/C16H19FN6O/c1-2-23-10-20-13-14(19-9-11-3-5-12(17)6-4-11)21-16(18-7-8-24)22-15(13)23/h3-6,10,24H,2,7-9H2,1H3,(H2,18,19,21,22). The number of aromatic nitrogens is 4. The molecule has 1 aromatic carbocycles. The van der Waals surface area contributed by atoms with Crippen molar-refractivity contribution in [3.63, 3.8) is 0 Å². The van der Waals surface area contributed by atoms with E-state index in [2.05, 4.69) is 25.6 Å². The van der Waals surface area contributed by atoms with Crippen LogP contribution >= 0.6 is 0 Å². The van der Waals surface area contributed by atoms with Gasteiger partial charge in [-0.2, -0.15) is 9.97 Å². The average molecular weight is 330 g/mol. The molecule has 0 saturated carbocycles. The summed E-state index contributed by atoms with van der Waals surface area (Å²) in [5, 5.41) is 15.2. The molecule has 0 spiro atoms. The Morgan fingerprint density at radius 1 is 1.17 bits per heavy atom. The zero-order chi connectivity index (χ0) is 16.9. The molecule has 0 atom stereocenters. The third kappa shape index (κ3) is 3.43. The second kappa shape index (κ2) is 7.22. The Bertz CT molecular complexity index is 817. The molecule has 3 aromatic rings. The number of nitrogens with one attached hydrogen (secondary N) is 2. The molecule has 2 aromatic heterocycles. The number of anilines is 2. The Morgan fingerprint density at radius 3 is 2.67 bits per heavy atom. The highest BCUT2D eigenvalue weighted by Gasteiger charge is 2.12. The van der Waals surface area contributed by atoms with Crippen LogP contribution < -0.4 is 10.6 Å². The van der Waals surface area contributed by atoms with Crippen molar-refractivity contribution in [2.24, 2.45) is 0 Å². The average Bonchev–Trinajstić information content (AvgIpc) is 3.02. The first-order chi connectivity index (χ1) is 11.7. The molecule has 0 aliphatic carbocycles. The van der Waals surface area contributed by atoms with E-state index in [0.29, 0.717) is 30.4 Å². The fourth-order valence-corrected chi connectivity index (χ4v) is 2.33. The molecule has 0 bridgehead atoms. The fraction of sp³-hybridized carbons (Fsp3) is 0.312. The van der Waals surface area contributed by atoms with Crippen LogP contribution in [-0.4, -0.2) is 37.8 Å². The topological polar surface area (TPSA) is 87.9 Å². The Hall–Kier alpha value is -2.74. The quantitative estimate of drug-likeness (QED) is 0.614. The summed E-state index contributed by atoms with van der Waals surface area (Å²) < 4.78 is 14.9. The van der Waals surface area contributed by atoms with Crippen molar-refractivity contribution in [2.45, 2.75) is 20.0 Å². The van der Waals surface area contributed by atoms with Crippen LogP contribution in [0.5, 0.6) is 0 Å². The maximum absolute atomic E-state index is 13.0. The monoisotopic (exact) mass is 330 g/mol. The minimum atomic E-state index is -0.264. The number of hydrogen-bond acceptors (Lipinski definition) is 6.